The number of phenolic OH excluding ortho intramolecular Hbond substituents is 1. The van der Waals surface area contributed by atoms with E-state index in [2.05, 4.69) is 15.5 Å². The Morgan fingerprint density at radius 1 is 1.36 bits per heavy atom. The molecule has 0 saturated heterocycles. The smallest absolute Gasteiger partial charge is 0.241 e. The van der Waals surface area contributed by atoms with E-state index in [-0.39, 0.29) is 18.1 Å². The molecule has 1 amide bonds. The van der Waals surface area contributed by atoms with Gasteiger partial charge in [-0.05, 0) is 35.9 Å². The van der Waals surface area contributed by atoms with E-state index in [0.29, 0.717) is 17.9 Å². The number of para-hydroxylation sites is 2. The number of hydrazone groups is 1. The molecule has 7 heteroatoms. The van der Waals surface area contributed by atoms with Crippen LogP contribution < -0.4 is 10.2 Å². The summed E-state index contributed by atoms with van der Waals surface area (Å²) in [5, 5.41) is 13.5. The molecular weight excluding hydrogens is 320 g/mol. The van der Waals surface area contributed by atoms with Crippen molar-refractivity contribution < 1.29 is 14.6 Å². The maximum absolute atomic E-state index is 11.9. The summed E-state index contributed by atoms with van der Waals surface area (Å²) < 4.78 is 6.95. The summed E-state index contributed by atoms with van der Waals surface area (Å²) in [4.78, 5) is 16.2. The Balaban J connectivity index is 1.54. The summed E-state index contributed by atoms with van der Waals surface area (Å²) in [5.74, 6) is 0.207. The fraction of sp³-hybridized carbons (Fsp3) is 0.167. The summed E-state index contributed by atoms with van der Waals surface area (Å²) >= 11 is 0. The summed E-state index contributed by atoms with van der Waals surface area (Å²) in [6.07, 6.45) is 3.51. The van der Waals surface area contributed by atoms with Crippen LogP contribution >= 0.6 is 0 Å². The van der Waals surface area contributed by atoms with Crippen LogP contribution in [0.5, 0.6) is 11.5 Å². The Labute approximate surface area is 144 Å². The lowest BCUT2D eigenvalue weighted by Gasteiger charge is -2.04. The van der Waals surface area contributed by atoms with Gasteiger partial charge in [0.25, 0.3) is 0 Å². The van der Waals surface area contributed by atoms with Crippen LogP contribution in [-0.4, -0.2) is 33.9 Å². The molecule has 3 rings (SSSR count). The van der Waals surface area contributed by atoms with Crippen molar-refractivity contribution >= 4 is 23.2 Å². The van der Waals surface area contributed by atoms with Crippen molar-refractivity contribution in [3.8, 4) is 11.5 Å². The fourth-order valence-electron chi connectivity index (χ4n) is 2.42. The van der Waals surface area contributed by atoms with Gasteiger partial charge in [-0.3, -0.25) is 4.79 Å². The van der Waals surface area contributed by atoms with Gasteiger partial charge in [0.2, 0.25) is 5.91 Å². The summed E-state index contributed by atoms with van der Waals surface area (Å²) in [6, 6.07) is 12.6. The monoisotopic (exact) mass is 338 g/mol. The fourth-order valence-corrected chi connectivity index (χ4v) is 2.42. The number of nitrogens with zero attached hydrogens (tertiary/aromatic N) is 3. The first-order valence-corrected chi connectivity index (χ1v) is 7.76. The molecule has 1 aromatic heterocycles. The number of hydrogen-bond acceptors (Lipinski definition) is 5. The quantitative estimate of drug-likeness (QED) is 0.533. The van der Waals surface area contributed by atoms with Gasteiger partial charge >= 0.3 is 0 Å². The lowest BCUT2D eigenvalue weighted by molar-refractivity contribution is -0.121. The molecule has 0 aliphatic rings. The number of phenols is 1. The number of hydrogen-bond donors (Lipinski definition) is 2. The standard InChI is InChI=1S/C18H18N4O3/c1-25-17-10-13(6-7-16(17)23)11-20-21-18(24)8-9-22-12-19-14-4-2-3-5-15(14)22/h2-7,10-12,23H,8-9H2,1H3,(H,21,24)/b20-11-. The average Bonchev–Trinajstić information content (AvgIpc) is 3.04. The van der Waals surface area contributed by atoms with Crippen molar-refractivity contribution in [3.63, 3.8) is 0 Å². The van der Waals surface area contributed by atoms with E-state index in [1.165, 1.54) is 19.4 Å². The van der Waals surface area contributed by atoms with Crippen molar-refractivity contribution in [2.75, 3.05) is 7.11 Å². The minimum atomic E-state index is -0.195. The number of benzene rings is 2. The predicted molar refractivity (Wildman–Crippen MR) is 94.7 cm³/mol. The third kappa shape index (κ3) is 3.95. The van der Waals surface area contributed by atoms with Crippen LogP contribution in [0, 0.1) is 0 Å². The van der Waals surface area contributed by atoms with Crippen molar-refractivity contribution in [2.24, 2.45) is 5.10 Å². The molecule has 0 unspecified atom stereocenters. The number of carbonyl (C=O) groups is 1. The predicted octanol–water partition coefficient (Wildman–Crippen LogP) is 2.29. The largest absolute Gasteiger partial charge is 0.504 e. The molecule has 1 heterocycles. The van der Waals surface area contributed by atoms with Crippen molar-refractivity contribution in [2.45, 2.75) is 13.0 Å². The zero-order valence-corrected chi connectivity index (χ0v) is 13.7. The van der Waals surface area contributed by atoms with Crippen LogP contribution in [0.15, 0.2) is 53.9 Å². The van der Waals surface area contributed by atoms with Crippen molar-refractivity contribution in [3.05, 3.63) is 54.4 Å². The molecule has 0 atom stereocenters. The van der Waals surface area contributed by atoms with Gasteiger partial charge < -0.3 is 14.4 Å². The van der Waals surface area contributed by atoms with E-state index < -0.39 is 0 Å². The molecule has 0 fully saturated rings. The van der Waals surface area contributed by atoms with Gasteiger partial charge in [-0.2, -0.15) is 5.10 Å². The number of nitrogens with one attached hydrogen (secondary N) is 1. The van der Waals surface area contributed by atoms with Crippen molar-refractivity contribution in [1.82, 2.24) is 15.0 Å². The molecule has 25 heavy (non-hydrogen) atoms. The Morgan fingerprint density at radius 2 is 2.20 bits per heavy atom. The molecule has 7 nitrogen and oxygen atoms in total. The molecule has 0 saturated carbocycles. The summed E-state index contributed by atoms with van der Waals surface area (Å²) in [7, 11) is 1.47. The van der Waals surface area contributed by atoms with E-state index in [4.69, 9.17) is 4.74 Å². The third-order valence-corrected chi connectivity index (χ3v) is 3.71. The molecule has 0 spiro atoms. The van der Waals surface area contributed by atoms with Crippen molar-refractivity contribution in [1.29, 1.82) is 0 Å². The highest BCUT2D eigenvalue weighted by molar-refractivity contribution is 5.83. The van der Waals surface area contributed by atoms with Crippen LogP contribution in [-0.2, 0) is 11.3 Å². The highest BCUT2D eigenvalue weighted by Gasteiger charge is 2.05. The second kappa shape index (κ2) is 7.48. The van der Waals surface area contributed by atoms with Crippen LogP contribution in [0.4, 0.5) is 0 Å². The highest BCUT2D eigenvalue weighted by atomic mass is 16.5. The lowest BCUT2D eigenvalue weighted by atomic mass is 10.2. The molecule has 0 bridgehead atoms. The number of aromatic nitrogens is 2. The zero-order valence-electron chi connectivity index (χ0n) is 13.7. The van der Waals surface area contributed by atoms with E-state index >= 15 is 0 Å². The topological polar surface area (TPSA) is 88.7 Å². The Bertz CT molecular complexity index is 918. The van der Waals surface area contributed by atoms with E-state index in [1.54, 1.807) is 18.5 Å². The van der Waals surface area contributed by atoms with Gasteiger partial charge in [0, 0.05) is 13.0 Å². The van der Waals surface area contributed by atoms with Gasteiger partial charge in [0.05, 0.1) is 30.7 Å². The number of aromatic hydroxyl groups is 1. The summed E-state index contributed by atoms with van der Waals surface area (Å²) in [5.41, 5.74) is 5.09. The number of rotatable bonds is 6. The highest BCUT2D eigenvalue weighted by Crippen LogP contribution is 2.25. The molecule has 128 valence electrons. The number of aryl methyl sites for hydroxylation is 1. The Hall–Kier alpha value is -3.35. The first kappa shape index (κ1) is 16.5. The summed E-state index contributed by atoms with van der Waals surface area (Å²) in [6.45, 7) is 0.523. The van der Waals surface area contributed by atoms with Gasteiger partial charge in [-0.1, -0.05) is 12.1 Å². The van der Waals surface area contributed by atoms with Crippen LogP contribution in [0.3, 0.4) is 0 Å². The van der Waals surface area contributed by atoms with Crippen LogP contribution in [0.2, 0.25) is 0 Å². The minimum Gasteiger partial charge on any atom is -0.504 e. The van der Waals surface area contributed by atoms with Gasteiger partial charge in [0.1, 0.15) is 0 Å². The second-order valence-corrected chi connectivity index (χ2v) is 5.40. The minimum absolute atomic E-state index is 0.0521. The van der Waals surface area contributed by atoms with Crippen LogP contribution in [0.25, 0.3) is 11.0 Å². The van der Waals surface area contributed by atoms with Crippen LogP contribution in [0.1, 0.15) is 12.0 Å². The molecular formula is C18H18N4O3. The first-order valence-electron chi connectivity index (χ1n) is 7.76. The number of amides is 1. The number of fused-ring (bicyclic) bond motifs is 1. The molecule has 3 aromatic rings. The van der Waals surface area contributed by atoms with Gasteiger partial charge in [-0.15, -0.1) is 0 Å². The molecule has 2 aromatic carbocycles. The number of ether oxygens (including phenoxy) is 1. The van der Waals surface area contributed by atoms with E-state index in [1.807, 2.05) is 28.8 Å². The Morgan fingerprint density at radius 3 is 3.04 bits per heavy atom. The van der Waals surface area contributed by atoms with E-state index in [0.717, 1.165) is 11.0 Å². The normalized spacial score (nSPS) is 11.1. The Kier molecular flexibility index (Phi) is 4.94. The molecule has 0 radical (unpaired) electrons. The van der Waals surface area contributed by atoms with Gasteiger partial charge in [0.15, 0.2) is 11.5 Å². The SMILES string of the molecule is COc1cc(/C=N\NC(=O)CCn2cnc3ccccc32)ccc1O. The number of carbonyl (C=O) groups excluding carboxylic acids is 1. The maximum atomic E-state index is 11.9. The number of methoxy groups -OCH3 is 1. The second-order valence-electron chi connectivity index (χ2n) is 5.40. The number of imidazole rings is 1. The average molecular weight is 338 g/mol. The molecule has 0 aliphatic heterocycles. The van der Waals surface area contributed by atoms with E-state index in [9.17, 15) is 9.90 Å². The molecule has 0 aliphatic carbocycles. The third-order valence-electron chi connectivity index (χ3n) is 3.71. The van der Waals surface area contributed by atoms with Gasteiger partial charge in [-0.25, -0.2) is 10.4 Å². The lowest BCUT2D eigenvalue weighted by Crippen LogP contribution is -2.19. The molecule has 2 N–H and O–H groups in total. The zero-order chi connectivity index (χ0) is 17.6. The maximum Gasteiger partial charge on any atom is 0.241 e. The first-order chi connectivity index (χ1) is 12.2.